The Morgan fingerprint density at radius 3 is 2.84 bits per heavy atom. The molecule has 25 heavy (non-hydrogen) atoms. The summed E-state index contributed by atoms with van der Waals surface area (Å²) in [6.07, 6.45) is 4.45. The standard InChI is InChI=1S/C22H25N3/c1-17-7-5-10-19(13-17)21-14-23-24-22(21)20-11-6-12-25(16-20)15-18-8-3-2-4-9-18/h2-5,7-10,13-14,20H,6,11-12,15-16H2,1H3,(H,23,24). The Hall–Kier alpha value is -2.39. The molecular weight excluding hydrogens is 306 g/mol. The molecule has 1 atom stereocenters. The Morgan fingerprint density at radius 1 is 1.12 bits per heavy atom. The van der Waals surface area contributed by atoms with Gasteiger partial charge in [0.05, 0.1) is 6.20 Å². The van der Waals surface area contributed by atoms with Gasteiger partial charge in [0.1, 0.15) is 0 Å². The van der Waals surface area contributed by atoms with Gasteiger partial charge in [-0.25, -0.2) is 0 Å². The van der Waals surface area contributed by atoms with Crippen molar-refractivity contribution >= 4 is 0 Å². The summed E-state index contributed by atoms with van der Waals surface area (Å²) < 4.78 is 0. The number of likely N-dealkylation sites (tertiary alicyclic amines) is 1. The molecular formula is C22H25N3. The van der Waals surface area contributed by atoms with E-state index < -0.39 is 0 Å². The van der Waals surface area contributed by atoms with Gasteiger partial charge in [-0.2, -0.15) is 5.10 Å². The molecule has 4 rings (SSSR count). The maximum absolute atomic E-state index is 4.37. The molecule has 0 amide bonds. The third kappa shape index (κ3) is 3.67. The Bertz CT molecular complexity index is 822. The molecule has 0 aliphatic carbocycles. The zero-order valence-electron chi connectivity index (χ0n) is 14.8. The number of rotatable bonds is 4. The maximum atomic E-state index is 4.37. The van der Waals surface area contributed by atoms with Crippen LogP contribution in [0.1, 0.15) is 35.6 Å². The summed E-state index contributed by atoms with van der Waals surface area (Å²) in [4.78, 5) is 2.57. The van der Waals surface area contributed by atoms with E-state index in [2.05, 4.69) is 76.6 Å². The number of benzene rings is 2. The molecule has 2 aromatic carbocycles. The second-order valence-electron chi connectivity index (χ2n) is 7.13. The average Bonchev–Trinajstić information content (AvgIpc) is 3.13. The van der Waals surface area contributed by atoms with E-state index in [0.717, 1.165) is 13.1 Å². The van der Waals surface area contributed by atoms with Crippen molar-refractivity contribution in [3.8, 4) is 11.1 Å². The van der Waals surface area contributed by atoms with Crippen LogP contribution in [0.15, 0.2) is 60.8 Å². The fourth-order valence-electron chi connectivity index (χ4n) is 3.93. The highest BCUT2D eigenvalue weighted by molar-refractivity contribution is 5.66. The van der Waals surface area contributed by atoms with Gasteiger partial charge in [0.25, 0.3) is 0 Å². The fraction of sp³-hybridized carbons (Fsp3) is 0.318. The minimum absolute atomic E-state index is 0.524. The van der Waals surface area contributed by atoms with Crippen LogP contribution in [0.2, 0.25) is 0 Å². The first-order valence-electron chi connectivity index (χ1n) is 9.16. The molecule has 0 spiro atoms. The Labute approximate surface area is 149 Å². The number of nitrogens with zero attached hydrogens (tertiary/aromatic N) is 2. The van der Waals surface area contributed by atoms with E-state index in [1.54, 1.807) is 0 Å². The van der Waals surface area contributed by atoms with Crippen molar-refractivity contribution in [1.29, 1.82) is 0 Å². The van der Waals surface area contributed by atoms with Crippen molar-refractivity contribution in [1.82, 2.24) is 15.1 Å². The van der Waals surface area contributed by atoms with Crippen LogP contribution < -0.4 is 0 Å². The zero-order valence-corrected chi connectivity index (χ0v) is 14.8. The molecule has 0 radical (unpaired) electrons. The van der Waals surface area contributed by atoms with Crippen LogP contribution in [0, 0.1) is 6.92 Å². The van der Waals surface area contributed by atoms with Gasteiger partial charge < -0.3 is 0 Å². The first-order chi connectivity index (χ1) is 12.3. The Morgan fingerprint density at radius 2 is 2.00 bits per heavy atom. The number of aromatic amines is 1. The molecule has 0 bridgehead atoms. The average molecular weight is 331 g/mol. The normalized spacial score (nSPS) is 18.4. The Kier molecular flexibility index (Phi) is 4.66. The van der Waals surface area contributed by atoms with Gasteiger partial charge in [0, 0.05) is 30.3 Å². The summed E-state index contributed by atoms with van der Waals surface area (Å²) in [5, 5.41) is 7.67. The lowest BCUT2D eigenvalue weighted by atomic mass is 9.90. The topological polar surface area (TPSA) is 31.9 Å². The van der Waals surface area contributed by atoms with Crippen molar-refractivity contribution in [3.05, 3.63) is 77.6 Å². The highest BCUT2D eigenvalue weighted by Crippen LogP contribution is 2.33. The molecule has 3 aromatic rings. The predicted molar refractivity (Wildman–Crippen MR) is 102 cm³/mol. The largest absolute Gasteiger partial charge is 0.298 e. The van der Waals surface area contributed by atoms with E-state index in [1.165, 1.54) is 47.3 Å². The number of aryl methyl sites for hydroxylation is 1. The van der Waals surface area contributed by atoms with E-state index in [0.29, 0.717) is 5.92 Å². The summed E-state index contributed by atoms with van der Waals surface area (Å²) in [7, 11) is 0. The zero-order chi connectivity index (χ0) is 17.1. The molecule has 1 aliphatic heterocycles. The van der Waals surface area contributed by atoms with Gasteiger partial charge in [-0.05, 0) is 37.4 Å². The van der Waals surface area contributed by atoms with E-state index in [4.69, 9.17) is 0 Å². The molecule has 3 heteroatoms. The molecule has 2 heterocycles. The van der Waals surface area contributed by atoms with Crippen LogP contribution in [0.5, 0.6) is 0 Å². The lowest BCUT2D eigenvalue weighted by molar-refractivity contribution is 0.198. The first kappa shape index (κ1) is 16.1. The summed E-state index contributed by atoms with van der Waals surface area (Å²) in [5.74, 6) is 0.524. The SMILES string of the molecule is Cc1cccc(-c2cn[nH]c2C2CCCN(Cc3ccccc3)C2)c1. The minimum Gasteiger partial charge on any atom is -0.298 e. The number of hydrogen-bond acceptors (Lipinski definition) is 2. The van der Waals surface area contributed by atoms with E-state index in [-0.39, 0.29) is 0 Å². The smallest absolute Gasteiger partial charge is 0.0568 e. The number of nitrogens with one attached hydrogen (secondary N) is 1. The molecule has 3 nitrogen and oxygen atoms in total. The van der Waals surface area contributed by atoms with E-state index >= 15 is 0 Å². The van der Waals surface area contributed by atoms with Gasteiger partial charge in [-0.1, -0.05) is 60.2 Å². The fourth-order valence-corrected chi connectivity index (χ4v) is 3.93. The monoisotopic (exact) mass is 331 g/mol. The first-order valence-corrected chi connectivity index (χ1v) is 9.16. The number of H-pyrrole nitrogens is 1. The molecule has 0 saturated carbocycles. The maximum Gasteiger partial charge on any atom is 0.0568 e. The van der Waals surface area contributed by atoms with Crippen LogP contribution in [-0.2, 0) is 6.54 Å². The number of aromatic nitrogens is 2. The number of hydrogen-bond donors (Lipinski definition) is 1. The van der Waals surface area contributed by atoms with Crippen molar-refractivity contribution in [2.75, 3.05) is 13.1 Å². The van der Waals surface area contributed by atoms with Gasteiger partial charge in [-0.3, -0.25) is 10.00 Å². The highest BCUT2D eigenvalue weighted by Gasteiger charge is 2.25. The lowest BCUT2D eigenvalue weighted by Gasteiger charge is -2.32. The molecule has 1 saturated heterocycles. The quantitative estimate of drug-likeness (QED) is 0.747. The molecule has 1 unspecified atom stereocenters. The van der Waals surface area contributed by atoms with Crippen molar-refractivity contribution in [2.24, 2.45) is 0 Å². The summed E-state index contributed by atoms with van der Waals surface area (Å²) in [6, 6.07) is 19.5. The Balaban J connectivity index is 1.53. The molecule has 128 valence electrons. The second-order valence-corrected chi connectivity index (χ2v) is 7.13. The van der Waals surface area contributed by atoms with Crippen LogP contribution in [0.4, 0.5) is 0 Å². The van der Waals surface area contributed by atoms with Crippen molar-refractivity contribution in [3.63, 3.8) is 0 Å². The second kappa shape index (κ2) is 7.24. The van der Waals surface area contributed by atoms with Crippen LogP contribution in [0.25, 0.3) is 11.1 Å². The predicted octanol–water partition coefficient (Wildman–Crippen LogP) is 4.76. The summed E-state index contributed by atoms with van der Waals surface area (Å²) in [5.41, 5.74) is 6.51. The van der Waals surface area contributed by atoms with Gasteiger partial charge in [-0.15, -0.1) is 0 Å². The third-order valence-electron chi connectivity index (χ3n) is 5.16. The molecule has 1 N–H and O–H groups in total. The minimum atomic E-state index is 0.524. The van der Waals surface area contributed by atoms with Crippen molar-refractivity contribution < 1.29 is 0 Å². The molecule has 1 aliphatic rings. The van der Waals surface area contributed by atoms with Gasteiger partial charge in [0.15, 0.2) is 0 Å². The van der Waals surface area contributed by atoms with Gasteiger partial charge in [0.2, 0.25) is 0 Å². The van der Waals surface area contributed by atoms with Crippen LogP contribution in [0.3, 0.4) is 0 Å². The number of piperidine rings is 1. The van der Waals surface area contributed by atoms with Gasteiger partial charge >= 0.3 is 0 Å². The van der Waals surface area contributed by atoms with Crippen molar-refractivity contribution in [2.45, 2.75) is 32.2 Å². The van der Waals surface area contributed by atoms with Crippen LogP contribution >= 0.6 is 0 Å². The summed E-state index contributed by atoms with van der Waals surface area (Å²) >= 11 is 0. The lowest BCUT2D eigenvalue weighted by Crippen LogP contribution is -2.34. The molecule has 1 fully saturated rings. The molecule has 1 aromatic heterocycles. The summed E-state index contributed by atoms with van der Waals surface area (Å²) in [6.45, 7) is 5.45. The third-order valence-corrected chi connectivity index (χ3v) is 5.16. The van der Waals surface area contributed by atoms with Crippen LogP contribution in [-0.4, -0.2) is 28.2 Å². The highest BCUT2D eigenvalue weighted by atomic mass is 15.1. The van der Waals surface area contributed by atoms with E-state index in [1.807, 2.05) is 6.20 Å². The van der Waals surface area contributed by atoms with E-state index in [9.17, 15) is 0 Å².